The van der Waals surface area contributed by atoms with Gasteiger partial charge >= 0.3 is 0 Å². The second-order valence-electron chi connectivity index (χ2n) is 7.99. The summed E-state index contributed by atoms with van der Waals surface area (Å²) in [6.45, 7) is 0. The van der Waals surface area contributed by atoms with Crippen LogP contribution in [-0.2, 0) is 9.59 Å². The number of hydrogen-bond acceptors (Lipinski definition) is 6. The van der Waals surface area contributed by atoms with Crippen LogP contribution in [0.4, 0.5) is 5.69 Å². The van der Waals surface area contributed by atoms with E-state index in [4.69, 9.17) is 41.8 Å². The van der Waals surface area contributed by atoms with Crippen molar-refractivity contribution in [2.75, 3.05) is 4.90 Å². The number of amidine groups is 1. The van der Waals surface area contributed by atoms with Gasteiger partial charge < -0.3 is 21.7 Å². The number of aliphatic imine (C=N–C) groups is 1. The molecule has 3 atom stereocenters. The molecule has 3 heterocycles. The zero-order valence-corrected chi connectivity index (χ0v) is 20.2. The summed E-state index contributed by atoms with van der Waals surface area (Å²) in [5.74, 6) is -2.75. The molecule has 5 rings (SSSR count). The van der Waals surface area contributed by atoms with Gasteiger partial charge in [0.2, 0.25) is 0 Å². The third-order valence-electron chi connectivity index (χ3n) is 6.05. The molecule has 35 heavy (non-hydrogen) atoms. The number of fused-ring (bicyclic) bond motifs is 1. The van der Waals surface area contributed by atoms with E-state index in [2.05, 4.69) is 27.0 Å². The van der Waals surface area contributed by atoms with Gasteiger partial charge in [-0.2, -0.15) is 5.26 Å². The molecule has 0 radical (unpaired) electrons. The number of thiocarbonyl (C=S) groups is 2. The monoisotopic (exact) mass is 521 g/mol. The lowest BCUT2D eigenvalue weighted by molar-refractivity contribution is -0.130. The molecule has 0 saturated carbocycles. The highest BCUT2D eigenvalue weighted by Crippen LogP contribution is 2.43. The average Bonchev–Trinajstić information content (AvgIpc) is 2.83. The van der Waals surface area contributed by atoms with Crippen LogP contribution >= 0.6 is 36.0 Å². The Morgan fingerprint density at radius 3 is 2.46 bits per heavy atom. The molecule has 0 bridgehead atoms. The summed E-state index contributed by atoms with van der Waals surface area (Å²) in [5, 5.41) is 19.6. The Bertz CT molecular complexity index is 1400. The largest absolute Gasteiger partial charge is 0.386 e. The van der Waals surface area contributed by atoms with Crippen molar-refractivity contribution in [1.29, 1.82) is 5.26 Å². The Morgan fingerprint density at radius 1 is 1.11 bits per heavy atom. The summed E-state index contributed by atoms with van der Waals surface area (Å²) in [4.78, 5) is 33.2. The number of nitriles is 1. The number of carbonyl (C=O) groups excluding carboxylic acids is 2. The molecular weight excluding hydrogens is 506 g/mol. The number of hydrogen-bond donors (Lipinski definition) is 4. The highest BCUT2D eigenvalue weighted by atomic mass is 35.5. The minimum absolute atomic E-state index is 0.0918. The number of amides is 2. The van der Waals surface area contributed by atoms with Crippen molar-refractivity contribution in [2.24, 2.45) is 16.6 Å². The number of benzene rings is 2. The highest BCUT2D eigenvalue weighted by Gasteiger charge is 2.62. The number of rotatable bonds is 2. The molecule has 2 aromatic rings. The van der Waals surface area contributed by atoms with E-state index < -0.39 is 29.3 Å². The van der Waals surface area contributed by atoms with Gasteiger partial charge in [0.15, 0.2) is 15.8 Å². The van der Waals surface area contributed by atoms with E-state index in [1.807, 2.05) is 0 Å². The Hall–Kier alpha value is -3.85. The molecular formula is C23H16ClN7O2S2. The van der Waals surface area contributed by atoms with Crippen LogP contribution in [-0.4, -0.2) is 33.4 Å². The maximum Gasteiger partial charge on any atom is 0.267 e. The molecule has 5 N–H and O–H groups in total. The van der Waals surface area contributed by atoms with E-state index in [1.165, 1.54) is 0 Å². The molecule has 3 aliphatic rings. The van der Waals surface area contributed by atoms with Crippen molar-refractivity contribution < 1.29 is 9.59 Å². The van der Waals surface area contributed by atoms with E-state index in [9.17, 15) is 14.9 Å². The molecule has 2 amide bonds. The topological polar surface area (TPSA) is 136 Å². The summed E-state index contributed by atoms with van der Waals surface area (Å²) in [5.41, 5.74) is 5.52. The smallest absolute Gasteiger partial charge is 0.267 e. The van der Waals surface area contributed by atoms with Crippen molar-refractivity contribution in [3.05, 3.63) is 76.5 Å². The highest BCUT2D eigenvalue weighted by molar-refractivity contribution is 7.80. The molecule has 174 valence electrons. The third-order valence-corrected chi connectivity index (χ3v) is 6.72. The summed E-state index contributed by atoms with van der Waals surface area (Å²) in [6, 6.07) is 16.6. The molecule has 9 nitrogen and oxygen atoms in total. The van der Waals surface area contributed by atoms with Gasteiger partial charge in [-0.15, -0.1) is 0 Å². The van der Waals surface area contributed by atoms with Crippen molar-refractivity contribution in [3.8, 4) is 6.07 Å². The van der Waals surface area contributed by atoms with Gasteiger partial charge in [-0.25, -0.2) is 9.89 Å². The summed E-state index contributed by atoms with van der Waals surface area (Å²) < 4.78 is 0. The van der Waals surface area contributed by atoms with Gasteiger partial charge in [0, 0.05) is 5.02 Å². The normalized spacial score (nSPS) is 25.8. The van der Waals surface area contributed by atoms with Crippen molar-refractivity contribution in [2.45, 2.75) is 11.6 Å². The van der Waals surface area contributed by atoms with Gasteiger partial charge in [0.25, 0.3) is 11.8 Å². The second kappa shape index (κ2) is 8.42. The first-order valence-electron chi connectivity index (χ1n) is 10.3. The number of anilines is 1. The van der Waals surface area contributed by atoms with Crippen LogP contribution in [0.15, 0.2) is 70.9 Å². The number of carbonyl (C=O) groups is 2. The van der Waals surface area contributed by atoms with Crippen LogP contribution in [0.5, 0.6) is 0 Å². The van der Waals surface area contributed by atoms with Crippen LogP contribution in [0.1, 0.15) is 11.6 Å². The lowest BCUT2D eigenvalue weighted by atomic mass is 9.72. The molecule has 0 aromatic heterocycles. The number of nitrogens with zero attached hydrogens (tertiary/aromatic N) is 3. The Morgan fingerprint density at radius 2 is 1.80 bits per heavy atom. The van der Waals surface area contributed by atoms with Crippen LogP contribution < -0.4 is 26.6 Å². The molecule has 2 aromatic carbocycles. The summed E-state index contributed by atoms with van der Waals surface area (Å²) in [7, 11) is 0. The van der Waals surface area contributed by atoms with Crippen LogP contribution in [0, 0.1) is 17.2 Å². The fraction of sp³-hybridized carbons (Fsp3) is 0.130. The summed E-state index contributed by atoms with van der Waals surface area (Å²) in [6.07, 6.45) is 0. The van der Waals surface area contributed by atoms with E-state index in [0.29, 0.717) is 16.3 Å². The van der Waals surface area contributed by atoms with E-state index in [-0.39, 0.29) is 27.3 Å². The molecule has 1 spiro atoms. The van der Waals surface area contributed by atoms with Crippen molar-refractivity contribution in [3.63, 3.8) is 0 Å². The molecule has 0 fully saturated rings. The summed E-state index contributed by atoms with van der Waals surface area (Å²) >= 11 is 16.8. The minimum atomic E-state index is -1.87. The predicted octanol–water partition coefficient (Wildman–Crippen LogP) is 1.81. The van der Waals surface area contributed by atoms with Gasteiger partial charge in [0.05, 0.1) is 29.1 Å². The molecule has 12 heteroatoms. The third kappa shape index (κ3) is 3.46. The van der Waals surface area contributed by atoms with Gasteiger partial charge in [-0.05, 0) is 54.3 Å². The van der Waals surface area contributed by atoms with Gasteiger partial charge in [-0.1, -0.05) is 41.9 Å². The predicted molar refractivity (Wildman–Crippen MR) is 138 cm³/mol. The molecule has 0 saturated heterocycles. The van der Waals surface area contributed by atoms with E-state index >= 15 is 0 Å². The number of imide groups is 1. The lowest BCUT2D eigenvalue weighted by Crippen LogP contribution is -2.75. The van der Waals surface area contributed by atoms with Gasteiger partial charge in [-0.3, -0.25) is 9.59 Å². The maximum absolute atomic E-state index is 14.2. The first-order valence-corrected chi connectivity index (χ1v) is 11.5. The maximum atomic E-state index is 14.2. The number of nitrogens with one attached hydrogen (secondary N) is 3. The van der Waals surface area contributed by atoms with Crippen molar-refractivity contribution >= 4 is 69.6 Å². The first-order chi connectivity index (χ1) is 16.8. The zero-order chi connectivity index (χ0) is 24.9. The second-order valence-corrected chi connectivity index (χ2v) is 9.22. The van der Waals surface area contributed by atoms with E-state index in [1.54, 1.807) is 54.6 Å². The Kier molecular flexibility index (Phi) is 5.52. The number of nitrogens with two attached hydrogens (primary N) is 1. The quantitative estimate of drug-likeness (QED) is 0.344. The zero-order valence-electron chi connectivity index (χ0n) is 17.8. The molecule has 3 unspecified atom stereocenters. The fourth-order valence-corrected chi connectivity index (χ4v) is 5.15. The van der Waals surface area contributed by atoms with Crippen LogP contribution in [0.3, 0.4) is 0 Å². The fourth-order valence-electron chi connectivity index (χ4n) is 4.54. The SMILES string of the molecule is N#CC1C(N)=NC(=S)NC12C(=O)N(c1ccccc1)C(=O)C1=C2NC(=S)NC1c1ccc(Cl)cc1. The first kappa shape index (κ1) is 22.9. The molecule has 0 aliphatic carbocycles. The Labute approximate surface area is 215 Å². The number of halogens is 1. The minimum Gasteiger partial charge on any atom is -0.386 e. The standard InChI is InChI=1S/C23H16ClN7O2S2/c24-12-8-6-11(7-9-12)16-15-17(28-21(34)27-16)23(14(10-25)18(26)29-22(35)30-23)20(33)31(19(15)32)13-4-2-1-3-5-13/h1-9,14,16H,(H2,27,28,34)(H3,26,29,30,35). The van der Waals surface area contributed by atoms with Crippen LogP contribution in [0.25, 0.3) is 0 Å². The van der Waals surface area contributed by atoms with Crippen LogP contribution in [0.2, 0.25) is 5.02 Å². The lowest BCUT2D eigenvalue weighted by Gasteiger charge is -2.49. The van der Waals surface area contributed by atoms with Crippen molar-refractivity contribution in [1.82, 2.24) is 16.0 Å². The average molecular weight is 522 g/mol. The Balaban J connectivity index is 1.83. The van der Waals surface area contributed by atoms with E-state index in [0.717, 1.165) is 4.90 Å². The van der Waals surface area contributed by atoms with Gasteiger partial charge in [0.1, 0.15) is 11.8 Å². The molecule has 3 aliphatic heterocycles. The number of para-hydroxylation sites is 1.